The Balaban J connectivity index is 1.98. The van der Waals surface area contributed by atoms with Crippen molar-refractivity contribution in [3.63, 3.8) is 0 Å². The van der Waals surface area contributed by atoms with Crippen LogP contribution in [0.25, 0.3) is 0 Å². The van der Waals surface area contributed by atoms with E-state index in [4.69, 9.17) is 4.74 Å². The molecule has 0 aromatic heterocycles. The molecule has 5 nitrogen and oxygen atoms in total. The van der Waals surface area contributed by atoms with Gasteiger partial charge in [-0.15, -0.1) is 0 Å². The third-order valence-corrected chi connectivity index (χ3v) is 6.43. The minimum absolute atomic E-state index is 0.0194. The molecule has 0 bridgehead atoms. The van der Waals surface area contributed by atoms with Gasteiger partial charge in [-0.3, -0.25) is 9.59 Å². The molecule has 3 rings (SSSR count). The van der Waals surface area contributed by atoms with Gasteiger partial charge in [-0.05, 0) is 73.6 Å². The first kappa shape index (κ1) is 25.7. The van der Waals surface area contributed by atoms with Gasteiger partial charge in [0.25, 0.3) is 5.91 Å². The summed E-state index contributed by atoms with van der Waals surface area (Å²) in [6, 6.07) is 11.9. The number of amides is 2. The monoisotopic (exact) mass is 468 g/mol. The molecule has 2 aromatic rings. The number of hydrogen-bond donors (Lipinski definition) is 0. The van der Waals surface area contributed by atoms with Crippen molar-refractivity contribution in [3.05, 3.63) is 65.0 Å². The number of halogens is 1. The second kappa shape index (κ2) is 11.5. The van der Waals surface area contributed by atoms with Crippen LogP contribution in [0.1, 0.15) is 70.2 Å². The normalized spacial score (nSPS) is 16.2. The van der Waals surface area contributed by atoms with Crippen molar-refractivity contribution in [2.45, 2.75) is 66.0 Å². The van der Waals surface area contributed by atoms with Gasteiger partial charge in [-0.2, -0.15) is 0 Å². The third-order valence-electron chi connectivity index (χ3n) is 6.43. The fraction of sp³-hybridized carbons (Fsp3) is 0.500. The molecule has 184 valence electrons. The number of likely N-dealkylation sites (N-methyl/N-ethyl adjacent to an activating group) is 1. The van der Waals surface area contributed by atoms with Crippen LogP contribution in [-0.4, -0.2) is 47.4 Å². The average molecular weight is 469 g/mol. The highest BCUT2D eigenvalue weighted by Crippen LogP contribution is 2.38. The maximum absolute atomic E-state index is 13.7. The zero-order chi connectivity index (χ0) is 24.8. The molecular weight excluding hydrogens is 431 g/mol. The highest BCUT2D eigenvalue weighted by Gasteiger charge is 2.33. The van der Waals surface area contributed by atoms with Crippen LogP contribution in [0.2, 0.25) is 0 Å². The molecule has 1 aliphatic rings. The van der Waals surface area contributed by atoms with Crippen LogP contribution in [0, 0.1) is 11.7 Å². The van der Waals surface area contributed by atoms with Gasteiger partial charge in [0, 0.05) is 26.1 Å². The summed E-state index contributed by atoms with van der Waals surface area (Å²) in [6.45, 7) is 11.8. The molecule has 6 heteroatoms. The summed E-state index contributed by atoms with van der Waals surface area (Å²) in [5.41, 5.74) is 2.97. The summed E-state index contributed by atoms with van der Waals surface area (Å²) in [6.07, 6.45) is 1.20. The Labute approximate surface area is 202 Å². The summed E-state index contributed by atoms with van der Waals surface area (Å²) in [7, 11) is 0. The fourth-order valence-corrected chi connectivity index (χ4v) is 4.62. The predicted molar refractivity (Wildman–Crippen MR) is 132 cm³/mol. The Bertz CT molecular complexity index is 986. The van der Waals surface area contributed by atoms with Gasteiger partial charge < -0.3 is 14.5 Å². The van der Waals surface area contributed by atoms with Gasteiger partial charge in [0.1, 0.15) is 11.6 Å². The molecular formula is C28H37FN2O3. The predicted octanol–water partition coefficient (Wildman–Crippen LogP) is 5.37. The average Bonchev–Trinajstić information content (AvgIpc) is 2.82. The van der Waals surface area contributed by atoms with Crippen LogP contribution < -0.4 is 4.74 Å². The maximum Gasteiger partial charge on any atom is 0.263 e. The molecule has 0 unspecified atom stereocenters. The molecule has 2 aromatic carbocycles. The number of carbonyl (C=O) groups is 2. The lowest BCUT2D eigenvalue weighted by molar-refractivity contribution is -0.138. The van der Waals surface area contributed by atoms with Gasteiger partial charge in [0.2, 0.25) is 5.91 Å². The van der Waals surface area contributed by atoms with Crippen molar-refractivity contribution in [1.82, 2.24) is 9.80 Å². The van der Waals surface area contributed by atoms with E-state index in [1.165, 1.54) is 12.1 Å². The van der Waals surface area contributed by atoms with Crippen molar-refractivity contribution >= 4 is 11.8 Å². The lowest BCUT2D eigenvalue weighted by atomic mass is 9.87. The molecule has 1 aliphatic heterocycles. The number of nitrogens with zero attached hydrogens (tertiary/aromatic N) is 2. The SMILES string of the molecule is CC[C@@H](Oc1ccc2c(c1)[C@H](c1ccc(F)cc1)N(C(=O)CC(C)C)CC2)C(=O)N(CC)CC. The Morgan fingerprint density at radius 2 is 1.76 bits per heavy atom. The molecule has 0 fully saturated rings. The summed E-state index contributed by atoms with van der Waals surface area (Å²) in [5.74, 6) is 0.612. The van der Waals surface area contributed by atoms with Crippen LogP contribution in [0.3, 0.4) is 0 Å². The van der Waals surface area contributed by atoms with Crippen molar-refractivity contribution in [2.75, 3.05) is 19.6 Å². The summed E-state index contributed by atoms with van der Waals surface area (Å²) in [5, 5.41) is 0. The fourth-order valence-electron chi connectivity index (χ4n) is 4.62. The summed E-state index contributed by atoms with van der Waals surface area (Å²) < 4.78 is 19.9. The Kier molecular flexibility index (Phi) is 8.70. The van der Waals surface area contributed by atoms with E-state index in [1.807, 2.05) is 57.7 Å². The molecule has 0 radical (unpaired) electrons. The second-order valence-corrected chi connectivity index (χ2v) is 9.28. The van der Waals surface area contributed by atoms with Crippen LogP contribution in [0.5, 0.6) is 5.75 Å². The lowest BCUT2D eigenvalue weighted by Gasteiger charge is -2.38. The summed E-state index contributed by atoms with van der Waals surface area (Å²) >= 11 is 0. The van der Waals surface area contributed by atoms with E-state index in [0.717, 1.165) is 23.1 Å². The summed E-state index contributed by atoms with van der Waals surface area (Å²) in [4.78, 5) is 29.8. The molecule has 0 N–H and O–H groups in total. The number of hydrogen-bond acceptors (Lipinski definition) is 3. The topological polar surface area (TPSA) is 49.9 Å². The Hall–Kier alpha value is -2.89. The molecule has 0 saturated heterocycles. The number of ether oxygens (including phenoxy) is 1. The first-order valence-electron chi connectivity index (χ1n) is 12.4. The second-order valence-electron chi connectivity index (χ2n) is 9.28. The van der Waals surface area contributed by atoms with Crippen LogP contribution in [0.4, 0.5) is 4.39 Å². The van der Waals surface area contributed by atoms with Crippen LogP contribution in [-0.2, 0) is 16.0 Å². The van der Waals surface area contributed by atoms with E-state index in [1.54, 1.807) is 17.0 Å². The van der Waals surface area contributed by atoms with E-state index < -0.39 is 6.10 Å². The molecule has 0 aliphatic carbocycles. The number of benzene rings is 2. The Morgan fingerprint density at radius 3 is 2.35 bits per heavy atom. The van der Waals surface area contributed by atoms with Gasteiger partial charge >= 0.3 is 0 Å². The van der Waals surface area contributed by atoms with Gasteiger partial charge in [-0.25, -0.2) is 4.39 Å². The van der Waals surface area contributed by atoms with E-state index in [9.17, 15) is 14.0 Å². The zero-order valence-electron chi connectivity index (χ0n) is 21.0. The van der Waals surface area contributed by atoms with Crippen molar-refractivity contribution in [1.29, 1.82) is 0 Å². The molecule has 2 amide bonds. The van der Waals surface area contributed by atoms with Gasteiger partial charge in [0.15, 0.2) is 6.10 Å². The first-order valence-corrected chi connectivity index (χ1v) is 12.4. The number of carbonyl (C=O) groups excluding carboxylic acids is 2. The van der Waals surface area contributed by atoms with Crippen molar-refractivity contribution in [3.8, 4) is 5.75 Å². The number of fused-ring (bicyclic) bond motifs is 1. The largest absolute Gasteiger partial charge is 0.481 e. The minimum Gasteiger partial charge on any atom is -0.481 e. The first-order chi connectivity index (χ1) is 16.3. The van der Waals surface area contributed by atoms with Crippen molar-refractivity contribution in [2.24, 2.45) is 5.92 Å². The maximum atomic E-state index is 13.7. The standard InChI is InChI=1S/C28H37FN2O3/c1-6-25(28(33)30(7-2)8-3)34-23-14-11-20-15-16-31(26(32)17-19(4)5)27(24(20)18-23)21-9-12-22(29)13-10-21/h9-14,18-19,25,27H,6-8,15-17H2,1-5H3/t25-,27+/m1/s1. The number of rotatable bonds is 9. The van der Waals surface area contributed by atoms with E-state index in [-0.39, 0.29) is 29.6 Å². The van der Waals surface area contributed by atoms with Crippen molar-refractivity contribution < 1.29 is 18.7 Å². The molecule has 0 saturated carbocycles. The smallest absolute Gasteiger partial charge is 0.263 e. The minimum atomic E-state index is -0.565. The lowest BCUT2D eigenvalue weighted by Crippen LogP contribution is -2.42. The van der Waals surface area contributed by atoms with Gasteiger partial charge in [-0.1, -0.05) is 39.0 Å². The quantitative estimate of drug-likeness (QED) is 0.497. The highest BCUT2D eigenvalue weighted by molar-refractivity contribution is 5.81. The van der Waals surface area contributed by atoms with E-state index >= 15 is 0 Å². The molecule has 2 atom stereocenters. The third kappa shape index (κ3) is 5.78. The van der Waals surface area contributed by atoms with Crippen LogP contribution in [0.15, 0.2) is 42.5 Å². The van der Waals surface area contributed by atoms with E-state index in [0.29, 0.717) is 38.2 Å². The zero-order valence-corrected chi connectivity index (χ0v) is 21.0. The highest BCUT2D eigenvalue weighted by atomic mass is 19.1. The van der Waals surface area contributed by atoms with Gasteiger partial charge in [0.05, 0.1) is 6.04 Å². The molecule has 0 spiro atoms. The van der Waals surface area contributed by atoms with E-state index in [2.05, 4.69) is 0 Å². The molecule has 34 heavy (non-hydrogen) atoms. The Morgan fingerprint density at radius 1 is 1.09 bits per heavy atom. The van der Waals surface area contributed by atoms with Crippen LogP contribution >= 0.6 is 0 Å². The molecule has 1 heterocycles.